The van der Waals surface area contributed by atoms with Crippen LogP contribution >= 0.6 is 0 Å². The van der Waals surface area contributed by atoms with Crippen molar-refractivity contribution in [1.29, 1.82) is 0 Å². The van der Waals surface area contributed by atoms with E-state index < -0.39 is 0 Å². The molecule has 0 amide bonds. The Morgan fingerprint density at radius 2 is 1.61 bits per heavy atom. The first-order chi connectivity index (χ1) is 8.88. The highest BCUT2D eigenvalue weighted by Gasteiger charge is 2.21. The second-order valence-electron chi connectivity index (χ2n) is 4.05. The largest absolute Gasteiger partial charge is 0.488 e. The minimum absolute atomic E-state index is 0.750. The van der Waals surface area contributed by atoms with E-state index in [2.05, 4.69) is 0 Å². The molecular formula is C16H13O2+. The Hall–Kier alpha value is -2.35. The van der Waals surface area contributed by atoms with E-state index in [0.29, 0.717) is 0 Å². The van der Waals surface area contributed by atoms with E-state index >= 15 is 0 Å². The lowest BCUT2D eigenvalue weighted by molar-refractivity contribution is 0.402. The normalized spacial score (nSPS) is 10.5. The average molecular weight is 237 g/mol. The zero-order chi connectivity index (χ0) is 12.4. The summed E-state index contributed by atoms with van der Waals surface area (Å²) in [6.45, 7) is 0. The molecule has 0 aliphatic heterocycles. The van der Waals surface area contributed by atoms with E-state index in [1.54, 1.807) is 7.11 Å². The number of fused-ring (bicyclic) bond motifs is 1. The Morgan fingerprint density at radius 1 is 0.889 bits per heavy atom. The lowest BCUT2D eigenvalue weighted by atomic mass is 10.1. The second-order valence-corrected chi connectivity index (χ2v) is 4.05. The van der Waals surface area contributed by atoms with Crippen molar-refractivity contribution in [2.75, 3.05) is 7.11 Å². The van der Waals surface area contributed by atoms with Crippen LogP contribution in [0.2, 0.25) is 0 Å². The standard InChI is InChI=1S/C16H13O2/c1-17-15-11-13-9-5-6-10-14(13)18-16(15)12-7-3-2-4-8-12/h2-11H,1H3/q+1. The molecule has 1 heterocycles. The molecule has 0 aliphatic rings. The van der Waals surface area contributed by atoms with Crippen LogP contribution < -0.4 is 4.74 Å². The van der Waals surface area contributed by atoms with Gasteiger partial charge in [-0.15, -0.1) is 0 Å². The molecule has 3 aromatic rings. The van der Waals surface area contributed by atoms with Crippen molar-refractivity contribution in [3.63, 3.8) is 0 Å². The molecule has 0 atom stereocenters. The zero-order valence-corrected chi connectivity index (χ0v) is 10.1. The van der Waals surface area contributed by atoms with Crippen molar-refractivity contribution < 1.29 is 9.15 Å². The third-order valence-electron chi connectivity index (χ3n) is 2.90. The molecule has 0 N–H and O–H groups in total. The molecule has 0 unspecified atom stereocenters. The van der Waals surface area contributed by atoms with E-state index in [-0.39, 0.29) is 0 Å². The highest BCUT2D eigenvalue weighted by Crippen LogP contribution is 2.33. The third-order valence-corrected chi connectivity index (χ3v) is 2.90. The molecule has 2 heteroatoms. The molecule has 3 rings (SSSR count). The first-order valence-electron chi connectivity index (χ1n) is 5.84. The van der Waals surface area contributed by atoms with E-state index in [9.17, 15) is 0 Å². The van der Waals surface area contributed by atoms with Crippen LogP contribution in [0.5, 0.6) is 5.75 Å². The zero-order valence-electron chi connectivity index (χ0n) is 10.1. The Balaban J connectivity index is 2.27. The average Bonchev–Trinajstić information content (AvgIpc) is 2.46. The molecule has 0 spiro atoms. The minimum Gasteiger partial charge on any atom is -0.488 e. The molecular weight excluding hydrogens is 224 g/mol. The summed E-state index contributed by atoms with van der Waals surface area (Å²) in [5.41, 5.74) is 1.87. The van der Waals surface area contributed by atoms with Crippen LogP contribution in [0.25, 0.3) is 22.3 Å². The maximum atomic E-state index is 5.94. The lowest BCUT2D eigenvalue weighted by Gasteiger charge is -2.00. The molecule has 0 saturated heterocycles. The van der Waals surface area contributed by atoms with Crippen LogP contribution in [0, 0.1) is 0 Å². The first kappa shape index (κ1) is 10.8. The Labute approximate surface area is 105 Å². The van der Waals surface area contributed by atoms with E-state index in [4.69, 9.17) is 9.15 Å². The fraction of sp³-hybridized carbons (Fsp3) is 0.0625. The number of hydrogen-bond donors (Lipinski definition) is 0. The number of benzene rings is 2. The predicted octanol–water partition coefficient (Wildman–Crippen LogP) is 4.39. The summed E-state index contributed by atoms with van der Waals surface area (Å²) in [5, 5.41) is 1.04. The fourth-order valence-corrected chi connectivity index (χ4v) is 2.00. The second kappa shape index (κ2) is 4.49. The van der Waals surface area contributed by atoms with Crippen molar-refractivity contribution in [1.82, 2.24) is 0 Å². The fourth-order valence-electron chi connectivity index (χ4n) is 2.00. The van der Waals surface area contributed by atoms with E-state index in [1.165, 1.54) is 0 Å². The van der Waals surface area contributed by atoms with Gasteiger partial charge < -0.3 is 4.74 Å². The van der Waals surface area contributed by atoms with Crippen molar-refractivity contribution in [3.8, 4) is 17.1 Å². The van der Waals surface area contributed by atoms with Gasteiger partial charge in [0, 0.05) is 12.1 Å². The molecule has 18 heavy (non-hydrogen) atoms. The Morgan fingerprint density at radius 3 is 2.39 bits per heavy atom. The van der Waals surface area contributed by atoms with Gasteiger partial charge in [-0.25, -0.2) is 4.42 Å². The smallest absolute Gasteiger partial charge is 0.402 e. The molecule has 0 bridgehead atoms. The van der Waals surface area contributed by atoms with Gasteiger partial charge in [0.1, 0.15) is 0 Å². The first-order valence-corrected chi connectivity index (χ1v) is 5.84. The number of ether oxygens (including phenoxy) is 1. The van der Waals surface area contributed by atoms with Gasteiger partial charge in [0.15, 0.2) is 0 Å². The van der Waals surface area contributed by atoms with Crippen LogP contribution in [-0.4, -0.2) is 7.11 Å². The summed E-state index contributed by atoms with van der Waals surface area (Å²) in [6, 6.07) is 19.9. The summed E-state index contributed by atoms with van der Waals surface area (Å²) in [7, 11) is 1.66. The van der Waals surface area contributed by atoms with Gasteiger partial charge in [-0.1, -0.05) is 30.3 Å². The number of hydrogen-bond acceptors (Lipinski definition) is 1. The Bertz CT molecular complexity index is 675. The summed E-state index contributed by atoms with van der Waals surface area (Å²) in [4.78, 5) is 0. The van der Waals surface area contributed by atoms with Gasteiger partial charge in [0.2, 0.25) is 5.75 Å². The van der Waals surface area contributed by atoms with Crippen LogP contribution in [0.15, 0.2) is 65.1 Å². The number of para-hydroxylation sites is 1. The van der Waals surface area contributed by atoms with Gasteiger partial charge in [-0.3, -0.25) is 0 Å². The van der Waals surface area contributed by atoms with Crippen molar-refractivity contribution >= 4 is 11.0 Å². The summed E-state index contributed by atoms with van der Waals surface area (Å²) < 4.78 is 11.4. The molecule has 0 fully saturated rings. The molecule has 1 aromatic heterocycles. The van der Waals surface area contributed by atoms with Crippen molar-refractivity contribution in [2.45, 2.75) is 0 Å². The topological polar surface area (TPSA) is 20.5 Å². The van der Waals surface area contributed by atoms with Crippen LogP contribution in [-0.2, 0) is 0 Å². The molecule has 0 radical (unpaired) electrons. The number of rotatable bonds is 2. The van der Waals surface area contributed by atoms with E-state index in [1.807, 2.05) is 60.7 Å². The van der Waals surface area contributed by atoms with E-state index in [0.717, 1.165) is 28.0 Å². The quantitative estimate of drug-likeness (QED) is 0.616. The van der Waals surface area contributed by atoms with Gasteiger partial charge >= 0.3 is 11.3 Å². The molecule has 2 nitrogen and oxygen atoms in total. The van der Waals surface area contributed by atoms with Crippen LogP contribution in [0.3, 0.4) is 0 Å². The van der Waals surface area contributed by atoms with Gasteiger partial charge in [-0.2, -0.15) is 0 Å². The van der Waals surface area contributed by atoms with Gasteiger partial charge in [0.05, 0.1) is 18.1 Å². The Kier molecular flexibility index (Phi) is 2.69. The minimum atomic E-state index is 0.750. The summed E-state index contributed by atoms with van der Waals surface area (Å²) in [6.07, 6.45) is 0. The SMILES string of the molecule is COc1cc2ccccc2[o+]c1-c1ccccc1. The highest BCUT2D eigenvalue weighted by atomic mass is 16.5. The van der Waals surface area contributed by atoms with Crippen molar-refractivity contribution in [2.24, 2.45) is 0 Å². The molecule has 0 saturated carbocycles. The predicted molar refractivity (Wildman–Crippen MR) is 72.6 cm³/mol. The number of methoxy groups -OCH3 is 1. The monoisotopic (exact) mass is 237 g/mol. The van der Waals surface area contributed by atoms with Crippen LogP contribution in [0.1, 0.15) is 0 Å². The highest BCUT2D eigenvalue weighted by molar-refractivity contribution is 5.82. The molecule has 88 valence electrons. The van der Waals surface area contributed by atoms with Crippen molar-refractivity contribution in [3.05, 3.63) is 60.7 Å². The molecule has 0 aliphatic carbocycles. The lowest BCUT2D eigenvalue weighted by Crippen LogP contribution is -1.88. The van der Waals surface area contributed by atoms with Gasteiger partial charge in [0.25, 0.3) is 0 Å². The maximum Gasteiger partial charge on any atom is 0.402 e. The molecule has 2 aromatic carbocycles. The van der Waals surface area contributed by atoms with Gasteiger partial charge in [-0.05, 0) is 18.2 Å². The van der Waals surface area contributed by atoms with Crippen LogP contribution in [0.4, 0.5) is 0 Å². The summed E-state index contributed by atoms with van der Waals surface area (Å²) >= 11 is 0. The third kappa shape index (κ3) is 1.82. The summed E-state index contributed by atoms with van der Waals surface area (Å²) in [5.74, 6) is 1.51. The maximum absolute atomic E-state index is 5.94.